The number of rotatable bonds is 0. The first-order chi connectivity index (χ1) is 7.12. The lowest BCUT2D eigenvalue weighted by Crippen LogP contribution is -2.53. The maximum absolute atomic E-state index is 12.9. The molecule has 1 amide bonds. The lowest BCUT2D eigenvalue weighted by molar-refractivity contribution is -0.145. The lowest BCUT2D eigenvalue weighted by atomic mass is 10.0. The summed E-state index contributed by atoms with van der Waals surface area (Å²) in [5, 5.41) is 9.16. The summed E-state index contributed by atoms with van der Waals surface area (Å²) in [4.78, 5) is 12.6. The first kappa shape index (κ1) is 13.2. The van der Waals surface area contributed by atoms with Crippen LogP contribution in [0.4, 0.5) is 13.6 Å². The first-order valence-electron chi connectivity index (χ1n) is 5.16. The van der Waals surface area contributed by atoms with Crippen molar-refractivity contribution < 1.29 is 23.4 Å². The number of nitrogens with zero attached hydrogens (tertiary/aromatic N) is 1. The molecule has 0 aromatic carbocycles. The van der Waals surface area contributed by atoms with E-state index in [2.05, 4.69) is 0 Å². The fourth-order valence-corrected chi connectivity index (χ4v) is 1.38. The molecule has 0 aromatic heterocycles. The van der Waals surface area contributed by atoms with E-state index in [1.165, 1.54) is 0 Å². The van der Waals surface area contributed by atoms with E-state index >= 15 is 0 Å². The number of amides is 1. The number of ether oxygens (including phenoxy) is 1. The fraction of sp³-hybridized carbons (Fsp3) is 0.900. The summed E-state index contributed by atoms with van der Waals surface area (Å²) in [6, 6.07) is 0. The van der Waals surface area contributed by atoms with Gasteiger partial charge in [0.15, 0.2) is 0 Å². The number of halogens is 2. The molecule has 1 saturated heterocycles. The molecule has 6 heteroatoms. The van der Waals surface area contributed by atoms with Crippen LogP contribution in [0, 0.1) is 0 Å². The Morgan fingerprint density at radius 1 is 1.50 bits per heavy atom. The average Bonchev–Trinajstić information content (AvgIpc) is 2.06. The second-order valence-electron chi connectivity index (χ2n) is 4.95. The predicted molar refractivity (Wildman–Crippen MR) is 53.4 cm³/mol. The molecule has 1 rings (SSSR count). The van der Waals surface area contributed by atoms with E-state index in [4.69, 9.17) is 9.84 Å². The van der Waals surface area contributed by atoms with Gasteiger partial charge in [-0.05, 0) is 20.8 Å². The topological polar surface area (TPSA) is 49.8 Å². The zero-order valence-corrected chi connectivity index (χ0v) is 9.67. The SMILES string of the molecule is CC(C)(C)OC(=O)N1CCC(F)(F)C(O)C1. The van der Waals surface area contributed by atoms with Gasteiger partial charge in [0.05, 0.1) is 6.54 Å². The average molecular weight is 237 g/mol. The van der Waals surface area contributed by atoms with Crippen LogP contribution in [0.2, 0.25) is 0 Å². The summed E-state index contributed by atoms with van der Waals surface area (Å²) in [5.41, 5.74) is -0.665. The maximum Gasteiger partial charge on any atom is 0.410 e. The van der Waals surface area contributed by atoms with Gasteiger partial charge in [0.25, 0.3) is 5.92 Å². The van der Waals surface area contributed by atoms with Crippen LogP contribution in [0.15, 0.2) is 0 Å². The Morgan fingerprint density at radius 2 is 2.06 bits per heavy atom. The summed E-state index contributed by atoms with van der Waals surface area (Å²) in [7, 11) is 0. The molecule has 1 N–H and O–H groups in total. The molecule has 1 aliphatic rings. The number of aliphatic hydroxyl groups excluding tert-OH is 1. The van der Waals surface area contributed by atoms with Crippen LogP contribution in [-0.4, -0.2) is 46.8 Å². The van der Waals surface area contributed by atoms with Gasteiger partial charge in [-0.15, -0.1) is 0 Å². The summed E-state index contributed by atoms with van der Waals surface area (Å²) in [5.74, 6) is -3.11. The molecule has 1 atom stereocenters. The summed E-state index contributed by atoms with van der Waals surface area (Å²) in [6.45, 7) is 4.60. The Hall–Kier alpha value is -0.910. The van der Waals surface area contributed by atoms with E-state index in [1.54, 1.807) is 20.8 Å². The van der Waals surface area contributed by atoms with Gasteiger partial charge in [0.1, 0.15) is 11.7 Å². The number of hydrogen-bond donors (Lipinski definition) is 1. The molecule has 0 radical (unpaired) electrons. The van der Waals surface area contributed by atoms with E-state index in [-0.39, 0.29) is 13.1 Å². The number of likely N-dealkylation sites (tertiary alicyclic amines) is 1. The zero-order valence-electron chi connectivity index (χ0n) is 9.67. The van der Waals surface area contributed by atoms with Gasteiger partial charge in [-0.1, -0.05) is 0 Å². The number of aliphatic hydroxyl groups is 1. The molecule has 1 heterocycles. The largest absolute Gasteiger partial charge is 0.444 e. The van der Waals surface area contributed by atoms with E-state index in [0.29, 0.717) is 0 Å². The Balaban J connectivity index is 2.55. The summed E-state index contributed by atoms with van der Waals surface area (Å²) >= 11 is 0. The van der Waals surface area contributed by atoms with Crippen molar-refractivity contribution in [1.29, 1.82) is 0 Å². The van der Waals surface area contributed by atoms with E-state index in [0.717, 1.165) is 4.90 Å². The lowest BCUT2D eigenvalue weighted by Gasteiger charge is -2.36. The molecule has 1 unspecified atom stereocenters. The highest BCUT2D eigenvalue weighted by atomic mass is 19.3. The quantitative estimate of drug-likeness (QED) is 0.696. The molecule has 1 fully saturated rings. The predicted octanol–water partition coefficient (Wildman–Crippen LogP) is 1.62. The van der Waals surface area contributed by atoms with E-state index in [1.807, 2.05) is 0 Å². The standard InChI is InChI=1S/C10H17F2NO3/c1-9(2,3)16-8(15)13-5-4-10(11,12)7(14)6-13/h7,14H,4-6H2,1-3H3. The molecule has 94 valence electrons. The monoisotopic (exact) mass is 237 g/mol. The molecular formula is C10H17F2NO3. The minimum absolute atomic E-state index is 0.0982. The molecule has 0 aliphatic carbocycles. The normalized spacial score (nSPS) is 25.4. The Kier molecular flexibility index (Phi) is 3.42. The van der Waals surface area contributed by atoms with Crippen molar-refractivity contribution in [1.82, 2.24) is 4.90 Å². The van der Waals surface area contributed by atoms with Gasteiger partial charge in [0.2, 0.25) is 0 Å². The van der Waals surface area contributed by atoms with Crippen molar-refractivity contribution in [2.45, 2.75) is 44.8 Å². The fourth-order valence-electron chi connectivity index (χ4n) is 1.38. The van der Waals surface area contributed by atoms with Crippen molar-refractivity contribution in [3.63, 3.8) is 0 Å². The highest BCUT2D eigenvalue weighted by molar-refractivity contribution is 5.68. The molecule has 0 spiro atoms. The number of carbonyl (C=O) groups is 1. The second-order valence-corrected chi connectivity index (χ2v) is 4.95. The third-order valence-electron chi connectivity index (χ3n) is 2.25. The minimum Gasteiger partial charge on any atom is -0.444 e. The first-order valence-corrected chi connectivity index (χ1v) is 5.16. The van der Waals surface area contributed by atoms with Crippen molar-refractivity contribution >= 4 is 6.09 Å². The van der Waals surface area contributed by atoms with Gasteiger partial charge < -0.3 is 14.7 Å². The number of alkyl halides is 2. The number of carbonyl (C=O) groups excluding carboxylic acids is 1. The van der Waals surface area contributed by atoms with Crippen molar-refractivity contribution in [2.24, 2.45) is 0 Å². The van der Waals surface area contributed by atoms with Crippen LogP contribution >= 0.6 is 0 Å². The summed E-state index contributed by atoms with van der Waals surface area (Å²) in [6.07, 6.45) is -3.01. The van der Waals surface area contributed by atoms with Crippen molar-refractivity contribution in [3.05, 3.63) is 0 Å². The maximum atomic E-state index is 12.9. The number of β-amino-alcohol motifs (C(OH)–C–C–N with tert-alkyl or cyclic N) is 1. The van der Waals surface area contributed by atoms with Crippen LogP contribution in [0.3, 0.4) is 0 Å². The van der Waals surface area contributed by atoms with Gasteiger partial charge in [0, 0.05) is 13.0 Å². The molecule has 1 aliphatic heterocycles. The molecular weight excluding hydrogens is 220 g/mol. The van der Waals surface area contributed by atoms with E-state index in [9.17, 15) is 13.6 Å². The van der Waals surface area contributed by atoms with Gasteiger partial charge in [-0.25, -0.2) is 13.6 Å². The van der Waals surface area contributed by atoms with Gasteiger partial charge in [-0.3, -0.25) is 0 Å². The Morgan fingerprint density at radius 3 is 2.50 bits per heavy atom. The van der Waals surface area contributed by atoms with Gasteiger partial charge >= 0.3 is 6.09 Å². The Bertz CT molecular complexity index is 276. The van der Waals surface area contributed by atoms with E-state index < -0.39 is 30.1 Å². The number of hydrogen-bond acceptors (Lipinski definition) is 3. The smallest absolute Gasteiger partial charge is 0.410 e. The molecule has 4 nitrogen and oxygen atoms in total. The molecule has 0 bridgehead atoms. The Labute approximate surface area is 93.2 Å². The second kappa shape index (κ2) is 4.16. The molecule has 16 heavy (non-hydrogen) atoms. The van der Waals surface area contributed by atoms with Crippen LogP contribution < -0.4 is 0 Å². The summed E-state index contributed by atoms with van der Waals surface area (Å²) < 4.78 is 30.9. The minimum atomic E-state index is -3.11. The van der Waals surface area contributed by atoms with Gasteiger partial charge in [-0.2, -0.15) is 0 Å². The van der Waals surface area contributed by atoms with Crippen molar-refractivity contribution in [3.8, 4) is 0 Å². The highest BCUT2D eigenvalue weighted by Gasteiger charge is 2.44. The number of piperidine rings is 1. The highest BCUT2D eigenvalue weighted by Crippen LogP contribution is 2.28. The van der Waals surface area contributed by atoms with Crippen LogP contribution in [-0.2, 0) is 4.74 Å². The zero-order chi connectivity index (χ0) is 12.6. The third-order valence-corrected chi connectivity index (χ3v) is 2.25. The third kappa shape index (κ3) is 3.30. The van der Waals surface area contributed by atoms with Crippen LogP contribution in [0.25, 0.3) is 0 Å². The van der Waals surface area contributed by atoms with Crippen LogP contribution in [0.1, 0.15) is 27.2 Å². The molecule has 0 aromatic rings. The van der Waals surface area contributed by atoms with Crippen molar-refractivity contribution in [2.75, 3.05) is 13.1 Å². The molecule has 0 saturated carbocycles. The van der Waals surface area contributed by atoms with Crippen LogP contribution in [0.5, 0.6) is 0 Å².